The largest absolute Gasteiger partial charge is 0.354 e. The number of carbonyl (C=O) groups excluding carboxylic acids is 1. The third kappa shape index (κ3) is 4.58. The van der Waals surface area contributed by atoms with Crippen LogP contribution in [0.25, 0.3) is 22.2 Å². The number of likely N-dealkylation sites (tertiary alicyclic amines) is 1. The van der Waals surface area contributed by atoms with Crippen LogP contribution in [0.4, 0.5) is 0 Å². The average Bonchev–Trinajstić information content (AvgIpc) is 3.12. The summed E-state index contributed by atoms with van der Waals surface area (Å²) in [5, 5.41) is 1.34. The Morgan fingerprint density at radius 1 is 1.12 bits per heavy atom. The number of aromatic amines is 1. The monoisotopic (exact) mass is 432 g/mol. The standard InChI is InChI=1S/C27H36N4O/c1-17(2)26-23-15-21(20-9-11-31(12-10-20)16-25(32)30(5)6)7-8-24(23)29-27(26)22-13-18(3)28-19(4)14-22/h7-8,13-15,17,20,29H,9-12,16H2,1-6H3. The molecular formula is C27H36N4O. The zero-order valence-electron chi connectivity index (χ0n) is 20.3. The summed E-state index contributed by atoms with van der Waals surface area (Å²) in [5.74, 6) is 1.16. The van der Waals surface area contributed by atoms with Crippen molar-refractivity contribution in [1.29, 1.82) is 0 Å². The number of rotatable bonds is 5. The minimum atomic E-state index is 0.188. The lowest BCUT2D eigenvalue weighted by Crippen LogP contribution is -2.40. The number of H-pyrrole nitrogens is 1. The maximum Gasteiger partial charge on any atom is 0.236 e. The maximum absolute atomic E-state index is 12.0. The Bertz CT molecular complexity index is 1100. The normalized spacial score (nSPS) is 15.6. The second-order valence-corrected chi connectivity index (χ2v) is 9.85. The van der Waals surface area contributed by atoms with Crippen LogP contribution in [0.1, 0.15) is 61.0 Å². The summed E-state index contributed by atoms with van der Waals surface area (Å²) in [4.78, 5) is 24.3. The number of fused-ring (bicyclic) bond motifs is 1. The first-order valence-corrected chi connectivity index (χ1v) is 11.8. The molecule has 4 rings (SSSR count). The highest BCUT2D eigenvalue weighted by Crippen LogP contribution is 2.38. The number of amides is 1. The van der Waals surface area contributed by atoms with Gasteiger partial charge in [0, 0.05) is 41.9 Å². The number of carbonyl (C=O) groups is 1. The molecule has 0 saturated carbocycles. The van der Waals surface area contributed by atoms with Gasteiger partial charge in [-0.1, -0.05) is 19.9 Å². The molecule has 0 radical (unpaired) electrons. The van der Waals surface area contributed by atoms with Crippen molar-refractivity contribution in [2.45, 2.75) is 52.4 Å². The Hall–Kier alpha value is -2.66. The molecule has 0 atom stereocenters. The Labute approximate surface area is 191 Å². The molecule has 1 fully saturated rings. The van der Waals surface area contributed by atoms with Crippen molar-refractivity contribution in [3.63, 3.8) is 0 Å². The Balaban J connectivity index is 1.62. The van der Waals surface area contributed by atoms with E-state index < -0.39 is 0 Å². The fraction of sp³-hybridized carbons (Fsp3) is 0.481. The zero-order valence-corrected chi connectivity index (χ0v) is 20.3. The highest BCUT2D eigenvalue weighted by atomic mass is 16.2. The van der Waals surface area contributed by atoms with Crippen molar-refractivity contribution in [2.24, 2.45) is 0 Å². The smallest absolute Gasteiger partial charge is 0.236 e. The van der Waals surface area contributed by atoms with Crippen LogP contribution in [-0.4, -0.2) is 59.4 Å². The minimum Gasteiger partial charge on any atom is -0.354 e. The van der Waals surface area contributed by atoms with E-state index in [1.165, 1.54) is 33.3 Å². The van der Waals surface area contributed by atoms with Gasteiger partial charge in [-0.05, 0) is 87.0 Å². The Morgan fingerprint density at radius 2 is 1.78 bits per heavy atom. The molecule has 0 aliphatic carbocycles. The molecule has 0 spiro atoms. The van der Waals surface area contributed by atoms with Gasteiger partial charge in [-0.25, -0.2) is 0 Å². The fourth-order valence-electron chi connectivity index (χ4n) is 5.05. The van der Waals surface area contributed by atoms with Crippen LogP contribution in [0.3, 0.4) is 0 Å². The molecule has 1 saturated heterocycles. The predicted molar refractivity (Wildman–Crippen MR) is 132 cm³/mol. The maximum atomic E-state index is 12.0. The highest BCUT2D eigenvalue weighted by molar-refractivity contribution is 5.92. The molecule has 2 aromatic heterocycles. The lowest BCUT2D eigenvalue weighted by atomic mass is 9.87. The number of aromatic nitrogens is 2. The summed E-state index contributed by atoms with van der Waals surface area (Å²) in [6.07, 6.45) is 2.20. The number of hydrogen-bond acceptors (Lipinski definition) is 3. The van der Waals surface area contributed by atoms with Gasteiger partial charge in [0.15, 0.2) is 0 Å². The quantitative estimate of drug-likeness (QED) is 0.600. The molecule has 1 amide bonds. The Morgan fingerprint density at radius 3 is 2.38 bits per heavy atom. The summed E-state index contributed by atoms with van der Waals surface area (Å²) in [6.45, 7) is 11.2. The van der Waals surface area contributed by atoms with E-state index in [1.54, 1.807) is 4.90 Å². The zero-order chi connectivity index (χ0) is 23.0. The number of pyridine rings is 1. The molecule has 0 unspecified atom stereocenters. The molecule has 170 valence electrons. The molecule has 3 heterocycles. The fourth-order valence-corrected chi connectivity index (χ4v) is 5.05. The van der Waals surface area contributed by atoms with Gasteiger partial charge in [0.05, 0.1) is 12.2 Å². The lowest BCUT2D eigenvalue weighted by Gasteiger charge is -2.32. The molecule has 0 bridgehead atoms. The van der Waals surface area contributed by atoms with Crippen molar-refractivity contribution in [2.75, 3.05) is 33.7 Å². The van der Waals surface area contributed by atoms with Crippen molar-refractivity contribution < 1.29 is 4.79 Å². The van der Waals surface area contributed by atoms with Gasteiger partial charge in [0.1, 0.15) is 0 Å². The van der Waals surface area contributed by atoms with E-state index in [9.17, 15) is 4.79 Å². The molecule has 1 N–H and O–H groups in total. The molecule has 5 heteroatoms. The number of nitrogens with zero attached hydrogens (tertiary/aromatic N) is 3. The molecule has 1 aliphatic rings. The highest BCUT2D eigenvalue weighted by Gasteiger charge is 2.24. The topological polar surface area (TPSA) is 52.2 Å². The molecular weight excluding hydrogens is 396 g/mol. The van der Waals surface area contributed by atoms with Crippen LogP contribution in [-0.2, 0) is 4.79 Å². The second-order valence-electron chi connectivity index (χ2n) is 9.85. The van der Waals surface area contributed by atoms with Gasteiger partial charge in [-0.3, -0.25) is 14.7 Å². The molecule has 1 aromatic carbocycles. The molecule has 5 nitrogen and oxygen atoms in total. The van der Waals surface area contributed by atoms with Gasteiger partial charge in [-0.2, -0.15) is 0 Å². The van der Waals surface area contributed by atoms with E-state index in [1.807, 2.05) is 14.1 Å². The van der Waals surface area contributed by atoms with Crippen LogP contribution in [0.2, 0.25) is 0 Å². The number of aryl methyl sites for hydroxylation is 2. The molecule has 3 aromatic rings. The van der Waals surface area contributed by atoms with E-state index in [0.29, 0.717) is 18.4 Å². The summed E-state index contributed by atoms with van der Waals surface area (Å²) >= 11 is 0. The van der Waals surface area contributed by atoms with Gasteiger partial charge < -0.3 is 9.88 Å². The summed E-state index contributed by atoms with van der Waals surface area (Å²) in [7, 11) is 3.66. The molecule has 1 aliphatic heterocycles. The van der Waals surface area contributed by atoms with Crippen LogP contribution in [0.5, 0.6) is 0 Å². The first-order chi connectivity index (χ1) is 15.2. The van der Waals surface area contributed by atoms with Gasteiger partial charge in [0.25, 0.3) is 0 Å². The van der Waals surface area contributed by atoms with Crippen LogP contribution >= 0.6 is 0 Å². The first kappa shape index (κ1) is 22.5. The van der Waals surface area contributed by atoms with Crippen molar-refractivity contribution in [3.8, 4) is 11.3 Å². The van der Waals surface area contributed by atoms with Crippen molar-refractivity contribution >= 4 is 16.8 Å². The van der Waals surface area contributed by atoms with Crippen LogP contribution < -0.4 is 0 Å². The predicted octanol–water partition coefficient (Wildman–Crippen LogP) is 5.24. The van der Waals surface area contributed by atoms with Crippen molar-refractivity contribution in [3.05, 3.63) is 52.8 Å². The first-order valence-electron chi connectivity index (χ1n) is 11.8. The third-order valence-corrected chi connectivity index (χ3v) is 6.73. The summed E-state index contributed by atoms with van der Waals surface area (Å²) in [5.41, 5.74) is 8.55. The van der Waals surface area contributed by atoms with E-state index in [2.05, 4.69) is 72.9 Å². The summed E-state index contributed by atoms with van der Waals surface area (Å²) in [6, 6.07) is 11.3. The summed E-state index contributed by atoms with van der Waals surface area (Å²) < 4.78 is 0. The second kappa shape index (κ2) is 9.07. The Kier molecular flexibility index (Phi) is 6.38. The number of benzene rings is 1. The van der Waals surface area contributed by atoms with E-state index in [0.717, 1.165) is 37.3 Å². The van der Waals surface area contributed by atoms with Crippen LogP contribution in [0, 0.1) is 13.8 Å². The number of nitrogens with one attached hydrogen (secondary N) is 1. The third-order valence-electron chi connectivity index (χ3n) is 6.73. The number of likely N-dealkylation sites (N-methyl/N-ethyl adjacent to an activating group) is 1. The van der Waals surface area contributed by atoms with Gasteiger partial charge in [0.2, 0.25) is 5.91 Å². The molecule has 32 heavy (non-hydrogen) atoms. The minimum absolute atomic E-state index is 0.188. The van der Waals surface area contributed by atoms with Gasteiger partial charge >= 0.3 is 0 Å². The van der Waals surface area contributed by atoms with E-state index in [4.69, 9.17) is 0 Å². The SMILES string of the molecule is Cc1cc(-c2[nH]c3ccc(C4CCN(CC(=O)N(C)C)CC4)cc3c2C(C)C)cc(C)n1. The lowest BCUT2D eigenvalue weighted by molar-refractivity contribution is -0.130. The number of piperidine rings is 1. The van der Waals surface area contributed by atoms with Gasteiger partial charge in [-0.15, -0.1) is 0 Å². The van der Waals surface area contributed by atoms with E-state index in [-0.39, 0.29) is 5.91 Å². The average molecular weight is 433 g/mol. The van der Waals surface area contributed by atoms with Crippen molar-refractivity contribution in [1.82, 2.24) is 19.8 Å². The number of hydrogen-bond donors (Lipinski definition) is 1. The van der Waals surface area contributed by atoms with E-state index >= 15 is 0 Å². The van der Waals surface area contributed by atoms with Crippen LogP contribution in [0.15, 0.2) is 30.3 Å².